The Hall–Kier alpha value is -1.81. The van der Waals surface area contributed by atoms with Gasteiger partial charge in [-0.15, -0.1) is 0 Å². The molecule has 1 atom stereocenters. The molecule has 1 aliphatic heterocycles. The van der Waals surface area contributed by atoms with Crippen LogP contribution in [0.2, 0.25) is 0 Å². The standard InChI is InChI=1S/C18H24N2O2/c1-12-6-15-14(9-22-16(15)7-13(12)2)8-17(21)20-5-4-18(3,10-19)11-20/h6-7,9H,4-5,8,10-11,19H2,1-3H3. The van der Waals surface area contributed by atoms with E-state index in [2.05, 4.69) is 26.8 Å². The molecular formula is C18H24N2O2. The number of nitrogens with two attached hydrogens (primary N) is 1. The van der Waals surface area contributed by atoms with Crippen molar-refractivity contribution in [2.75, 3.05) is 19.6 Å². The van der Waals surface area contributed by atoms with Crippen LogP contribution in [0.4, 0.5) is 0 Å². The number of furan rings is 1. The van der Waals surface area contributed by atoms with Crippen LogP contribution in [-0.4, -0.2) is 30.4 Å². The molecule has 2 aromatic rings. The molecule has 22 heavy (non-hydrogen) atoms. The summed E-state index contributed by atoms with van der Waals surface area (Å²) in [4.78, 5) is 14.5. The van der Waals surface area contributed by atoms with E-state index >= 15 is 0 Å². The molecular weight excluding hydrogens is 276 g/mol. The van der Waals surface area contributed by atoms with Gasteiger partial charge in [-0.2, -0.15) is 0 Å². The smallest absolute Gasteiger partial charge is 0.227 e. The average molecular weight is 300 g/mol. The van der Waals surface area contributed by atoms with Gasteiger partial charge in [-0.25, -0.2) is 0 Å². The van der Waals surface area contributed by atoms with E-state index in [0.29, 0.717) is 13.0 Å². The molecule has 0 radical (unpaired) electrons. The van der Waals surface area contributed by atoms with Gasteiger partial charge in [-0.1, -0.05) is 6.92 Å². The number of carbonyl (C=O) groups excluding carboxylic acids is 1. The molecule has 1 fully saturated rings. The first-order chi connectivity index (χ1) is 10.4. The lowest BCUT2D eigenvalue weighted by Crippen LogP contribution is -2.35. The first-order valence-corrected chi connectivity index (χ1v) is 7.87. The number of rotatable bonds is 3. The van der Waals surface area contributed by atoms with Crippen LogP contribution >= 0.6 is 0 Å². The van der Waals surface area contributed by atoms with E-state index in [4.69, 9.17) is 10.2 Å². The third-order valence-corrected chi connectivity index (χ3v) is 5.02. The van der Waals surface area contributed by atoms with Crippen molar-refractivity contribution in [3.8, 4) is 0 Å². The highest BCUT2D eigenvalue weighted by Gasteiger charge is 2.34. The maximum absolute atomic E-state index is 12.6. The minimum absolute atomic E-state index is 0.0713. The van der Waals surface area contributed by atoms with Crippen LogP contribution in [0.1, 0.15) is 30.0 Å². The summed E-state index contributed by atoms with van der Waals surface area (Å²) in [5.41, 5.74) is 10.2. The Morgan fingerprint density at radius 1 is 1.36 bits per heavy atom. The Labute approximate surface area is 131 Å². The molecule has 118 valence electrons. The fraction of sp³-hybridized carbons (Fsp3) is 0.500. The van der Waals surface area contributed by atoms with Crippen molar-refractivity contribution in [3.05, 3.63) is 35.1 Å². The van der Waals surface area contributed by atoms with Gasteiger partial charge in [0.15, 0.2) is 0 Å². The summed E-state index contributed by atoms with van der Waals surface area (Å²) in [5.74, 6) is 0.165. The number of aryl methyl sites for hydroxylation is 2. The van der Waals surface area contributed by atoms with Gasteiger partial charge in [-0.3, -0.25) is 4.79 Å². The summed E-state index contributed by atoms with van der Waals surface area (Å²) in [6.07, 6.45) is 3.11. The van der Waals surface area contributed by atoms with Crippen LogP contribution in [0.15, 0.2) is 22.8 Å². The maximum atomic E-state index is 12.6. The zero-order valence-electron chi connectivity index (χ0n) is 13.6. The van der Waals surface area contributed by atoms with Crippen LogP contribution in [0.3, 0.4) is 0 Å². The van der Waals surface area contributed by atoms with E-state index in [9.17, 15) is 4.79 Å². The van der Waals surface area contributed by atoms with Crippen LogP contribution in [0, 0.1) is 19.3 Å². The van der Waals surface area contributed by atoms with Crippen LogP contribution in [-0.2, 0) is 11.2 Å². The molecule has 1 aliphatic rings. The largest absolute Gasteiger partial charge is 0.464 e. The van der Waals surface area contributed by atoms with Gasteiger partial charge < -0.3 is 15.1 Å². The Bertz CT molecular complexity index is 719. The number of likely N-dealkylation sites (tertiary alicyclic amines) is 1. The monoisotopic (exact) mass is 300 g/mol. The number of fused-ring (bicyclic) bond motifs is 1. The van der Waals surface area contributed by atoms with E-state index in [1.165, 1.54) is 11.1 Å². The van der Waals surface area contributed by atoms with Crippen LogP contribution in [0.5, 0.6) is 0 Å². The molecule has 0 bridgehead atoms. The van der Waals surface area contributed by atoms with Gasteiger partial charge in [0.25, 0.3) is 0 Å². The van der Waals surface area contributed by atoms with Gasteiger partial charge >= 0.3 is 0 Å². The number of carbonyl (C=O) groups is 1. The number of hydrogen-bond donors (Lipinski definition) is 1. The number of hydrogen-bond acceptors (Lipinski definition) is 3. The van der Waals surface area contributed by atoms with Crippen molar-refractivity contribution in [1.82, 2.24) is 4.90 Å². The number of benzene rings is 1. The zero-order chi connectivity index (χ0) is 15.9. The molecule has 4 nitrogen and oxygen atoms in total. The average Bonchev–Trinajstić information content (AvgIpc) is 3.05. The Balaban J connectivity index is 1.79. The minimum atomic E-state index is 0.0713. The molecule has 1 unspecified atom stereocenters. The van der Waals surface area contributed by atoms with E-state index < -0.39 is 0 Å². The summed E-state index contributed by atoms with van der Waals surface area (Å²) in [7, 11) is 0. The van der Waals surface area contributed by atoms with Crippen molar-refractivity contribution in [3.63, 3.8) is 0 Å². The lowest BCUT2D eigenvalue weighted by Gasteiger charge is -2.22. The van der Waals surface area contributed by atoms with Crippen molar-refractivity contribution >= 4 is 16.9 Å². The van der Waals surface area contributed by atoms with Crippen LogP contribution in [0.25, 0.3) is 11.0 Å². The van der Waals surface area contributed by atoms with Gasteiger partial charge in [0.05, 0.1) is 12.7 Å². The second-order valence-electron chi connectivity index (χ2n) is 6.95. The second-order valence-corrected chi connectivity index (χ2v) is 6.95. The summed E-state index contributed by atoms with van der Waals surface area (Å²) in [5, 5.41) is 1.05. The van der Waals surface area contributed by atoms with Crippen molar-refractivity contribution in [2.24, 2.45) is 11.1 Å². The molecule has 1 amide bonds. The summed E-state index contributed by atoms with van der Waals surface area (Å²) < 4.78 is 5.62. The molecule has 1 saturated heterocycles. The zero-order valence-corrected chi connectivity index (χ0v) is 13.6. The lowest BCUT2D eigenvalue weighted by molar-refractivity contribution is -0.129. The van der Waals surface area contributed by atoms with E-state index in [1.807, 2.05) is 11.0 Å². The van der Waals surface area contributed by atoms with Crippen molar-refractivity contribution in [1.29, 1.82) is 0 Å². The van der Waals surface area contributed by atoms with E-state index in [-0.39, 0.29) is 11.3 Å². The topological polar surface area (TPSA) is 59.5 Å². The molecule has 0 spiro atoms. The number of nitrogens with zero attached hydrogens (tertiary/aromatic N) is 1. The summed E-state index contributed by atoms with van der Waals surface area (Å²) >= 11 is 0. The third-order valence-electron chi connectivity index (χ3n) is 5.02. The Morgan fingerprint density at radius 3 is 2.77 bits per heavy atom. The first-order valence-electron chi connectivity index (χ1n) is 7.87. The second kappa shape index (κ2) is 5.43. The number of amides is 1. The summed E-state index contributed by atoms with van der Waals surface area (Å²) in [6, 6.07) is 4.16. The Kier molecular flexibility index (Phi) is 3.73. The fourth-order valence-corrected chi connectivity index (χ4v) is 3.15. The predicted octanol–water partition coefficient (Wildman–Crippen LogP) is 2.79. The molecule has 1 aromatic heterocycles. The molecule has 2 heterocycles. The quantitative estimate of drug-likeness (QED) is 0.948. The molecule has 4 heteroatoms. The molecule has 0 saturated carbocycles. The highest BCUT2D eigenvalue weighted by atomic mass is 16.3. The fourth-order valence-electron chi connectivity index (χ4n) is 3.15. The van der Waals surface area contributed by atoms with Gasteiger partial charge in [0.2, 0.25) is 5.91 Å². The normalized spacial score (nSPS) is 21.7. The summed E-state index contributed by atoms with van der Waals surface area (Å²) in [6.45, 7) is 8.50. The van der Waals surface area contributed by atoms with Crippen molar-refractivity contribution < 1.29 is 9.21 Å². The molecule has 1 aromatic carbocycles. The highest BCUT2D eigenvalue weighted by molar-refractivity contribution is 5.88. The SMILES string of the molecule is Cc1cc2occ(CC(=O)N3CCC(C)(CN)C3)c2cc1C. The minimum Gasteiger partial charge on any atom is -0.464 e. The van der Waals surface area contributed by atoms with Gasteiger partial charge in [0, 0.05) is 24.0 Å². The van der Waals surface area contributed by atoms with E-state index in [1.54, 1.807) is 6.26 Å². The van der Waals surface area contributed by atoms with Gasteiger partial charge in [0.1, 0.15) is 5.58 Å². The van der Waals surface area contributed by atoms with E-state index in [0.717, 1.165) is 36.0 Å². The molecule has 0 aliphatic carbocycles. The third kappa shape index (κ3) is 2.63. The lowest BCUT2D eigenvalue weighted by atomic mass is 9.90. The maximum Gasteiger partial charge on any atom is 0.227 e. The molecule has 3 rings (SSSR count). The highest BCUT2D eigenvalue weighted by Crippen LogP contribution is 2.30. The van der Waals surface area contributed by atoms with Crippen LogP contribution < -0.4 is 5.73 Å². The van der Waals surface area contributed by atoms with Crippen molar-refractivity contribution in [2.45, 2.75) is 33.6 Å². The first kappa shape index (κ1) is 15.1. The predicted molar refractivity (Wildman–Crippen MR) is 87.8 cm³/mol. The van der Waals surface area contributed by atoms with Gasteiger partial charge in [-0.05, 0) is 55.5 Å². The molecule has 2 N–H and O–H groups in total. The Morgan fingerprint density at radius 2 is 2.09 bits per heavy atom.